The largest absolute Gasteiger partial charge is 0.508 e. The van der Waals surface area contributed by atoms with Crippen LogP contribution in [-0.2, 0) is 11.3 Å². The average molecular weight is 328 g/mol. The fraction of sp³-hybridized carbons (Fsp3) is 0.316. The minimum atomic E-state index is -0.499. The summed E-state index contributed by atoms with van der Waals surface area (Å²) in [5, 5.41) is 12.1. The molecule has 0 unspecified atom stereocenters. The van der Waals surface area contributed by atoms with E-state index in [-0.39, 0.29) is 5.75 Å². The van der Waals surface area contributed by atoms with Gasteiger partial charge in [0.2, 0.25) is 0 Å². The molecule has 2 aromatic carbocycles. The van der Waals surface area contributed by atoms with Gasteiger partial charge in [-0.1, -0.05) is 12.1 Å². The lowest BCUT2D eigenvalue weighted by atomic mass is 10.2. The summed E-state index contributed by atoms with van der Waals surface area (Å²) in [6.07, 6.45) is -0.423. The van der Waals surface area contributed by atoms with Crippen LogP contribution in [0.2, 0.25) is 0 Å². The van der Waals surface area contributed by atoms with Crippen LogP contribution >= 0.6 is 0 Å². The Bertz CT molecular complexity index is 673. The quantitative estimate of drug-likeness (QED) is 0.883. The van der Waals surface area contributed by atoms with Crippen LogP contribution in [0.25, 0.3) is 0 Å². The summed E-state index contributed by atoms with van der Waals surface area (Å²) in [6, 6.07) is 14.9. The van der Waals surface area contributed by atoms with Crippen molar-refractivity contribution in [3.8, 4) is 5.75 Å². The van der Waals surface area contributed by atoms with Crippen LogP contribution in [0.3, 0.4) is 0 Å². The maximum atomic E-state index is 11.7. The fourth-order valence-corrected chi connectivity index (χ4v) is 2.15. The van der Waals surface area contributed by atoms with Gasteiger partial charge in [0.1, 0.15) is 11.4 Å². The number of phenols is 1. The SMILES string of the molecule is CN(c1ccc(O)cc1)c1ccc(CNC(=O)OC(C)(C)C)cc1. The number of ether oxygens (including phenoxy) is 1. The Morgan fingerprint density at radius 3 is 2.04 bits per heavy atom. The summed E-state index contributed by atoms with van der Waals surface area (Å²) in [4.78, 5) is 13.7. The zero-order chi connectivity index (χ0) is 17.7. The lowest BCUT2D eigenvalue weighted by Crippen LogP contribution is -2.32. The maximum absolute atomic E-state index is 11.7. The average Bonchev–Trinajstić information content (AvgIpc) is 2.52. The third-order valence-electron chi connectivity index (χ3n) is 3.40. The summed E-state index contributed by atoms with van der Waals surface area (Å²) < 4.78 is 5.21. The highest BCUT2D eigenvalue weighted by atomic mass is 16.6. The molecule has 24 heavy (non-hydrogen) atoms. The first-order valence-electron chi connectivity index (χ1n) is 7.83. The highest BCUT2D eigenvalue weighted by Crippen LogP contribution is 2.25. The van der Waals surface area contributed by atoms with E-state index in [1.165, 1.54) is 0 Å². The molecule has 0 aliphatic heterocycles. The minimum absolute atomic E-state index is 0.246. The molecule has 0 aliphatic rings. The molecule has 2 rings (SSSR count). The molecule has 0 aromatic heterocycles. The van der Waals surface area contributed by atoms with Crippen LogP contribution in [0.4, 0.5) is 16.2 Å². The fourth-order valence-electron chi connectivity index (χ4n) is 2.15. The molecule has 2 aromatic rings. The lowest BCUT2D eigenvalue weighted by molar-refractivity contribution is 0.0523. The smallest absolute Gasteiger partial charge is 0.407 e. The highest BCUT2D eigenvalue weighted by Gasteiger charge is 2.15. The molecule has 0 heterocycles. The third kappa shape index (κ3) is 5.19. The third-order valence-corrected chi connectivity index (χ3v) is 3.40. The molecular weight excluding hydrogens is 304 g/mol. The number of benzene rings is 2. The van der Waals surface area contributed by atoms with Gasteiger partial charge >= 0.3 is 6.09 Å². The monoisotopic (exact) mass is 328 g/mol. The molecule has 0 saturated carbocycles. The molecule has 5 heteroatoms. The summed E-state index contributed by atoms with van der Waals surface area (Å²) in [5.74, 6) is 0.246. The van der Waals surface area contributed by atoms with E-state index in [9.17, 15) is 9.90 Å². The number of aromatic hydroxyl groups is 1. The number of carbonyl (C=O) groups excluding carboxylic acids is 1. The van der Waals surface area contributed by atoms with E-state index in [4.69, 9.17) is 4.74 Å². The molecule has 0 radical (unpaired) electrons. The molecule has 0 saturated heterocycles. The first kappa shape index (κ1) is 17.7. The summed E-state index contributed by atoms with van der Waals surface area (Å²) in [5.41, 5.74) is 2.48. The lowest BCUT2D eigenvalue weighted by Gasteiger charge is -2.21. The second-order valence-corrected chi connectivity index (χ2v) is 6.60. The van der Waals surface area contributed by atoms with Crippen molar-refractivity contribution in [3.63, 3.8) is 0 Å². The zero-order valence-corrected chi connectivity index (χ0v) is 14.5. The van der Waals surface area contributed by atoms with Gasteiger partial charge in [-0.15, -0.1) is 0 Å². The topological polar surface area (TPSA) is 61.8 Å². The Kier molecular flexibility index (Phi) is 5.34. The second-order valence-electron chi connectivity index (χ2n) is 6.60. The predicted octanol–water partition coefficient (Wildman–Crippen LogP) is 4.18. The Labute approximate surface area is 142 Å². The number of phenolic OH excluding ortho intramolecular Hbond substituents is 1. The molecule has 5 nitrogen and oxygen atoms in total. The van der Waals surface area contributed by atoms with Crippen molar-refractivity contribution < 1.29 is 14.6 Å². The Hall–Kier alpha value is -2.69. The van der Waals surface area contributed by atoms with Crippen molar-refractivity contribution in [3.05, 3.63) is 54.1 Å². The first-order chi connectivity index (χ1) is 11.2. The van der Waals surface area contributed by atoms with Gasteiger partial charge in [-0.05, 0) is 62.7 Å². The van der Waals surface area contributed by atoms with Crippen LogP contribution in [0.5, 0.6) is 5.75 Å². The van der Waals surface area contributed by atoms with E-state index in [2.05, 4.69) is 5.32 Å². The zero-order valence-electron chi connectivity index (χ0n) is 14.5. The van der Waals surface area contributed by atoms with E-state index in [0.29, 0.717) is 6.54 Å². The summed E-state index contributed by atoms with van der Waals surface area (Å²) >= 11 is 0. The van der Waals surface area contributed by atoms with Gasteiger partial charge in [0.25, 0.3) is 0 Å². The molecule has 0 atom stereocenters. The first-order valence-corrected chi connectivity index (χ1v) is 7.83. The van der Waals surface area contributed by atoms with Gasteiger partial charge in [0, 0.05) is 25.0 Å². The number of rotatable bonds is 4. The van der Waals surface area contributed by atoms with Crippen LogP contribution < -0.4 is 10.2 Å². The molecular formula is C19H24N2O3. The van der Waals surface area contributed by atoms with Crippen LogP contribution in [0, 0.1) is 0 Å². The van der Waals surface area contributed by atoms with Crippen molar-refractivity contribution in [1.29, 1.82) is 0 Å². The van der Waals surface area contributed by atoms with Crippen molar-refractivity contribution in [1.82, 2.24) is 5.32 Å². The standard InChI is InChI=1S/C19H24N2O3/c1-19(2,3)24-18(23)20-13-14-5-7-15(8-6-14)21(4)16-9-11-17(22)12-10-16/h5-12,22H,13H2,1-4H3,(H,20,23). The Morgan fingerprint density at radius 1 is 1.04 bits per heavy atom. The molecule has 2 N–H and O–H groups in total. The van der Waals surface area contributed by atoms with E-state index in [1.807, 2.05) is 69.1 Å². The molecule has 0 fully saturated rings. The van der Waals surface area contributed by atoms with Crippen molar-refractivity contribution >= 4 is 17.5 Å². The van der Waals surface area contributed by atoms with Gasteiger partial charge in [-0.2, -0.15) is 0 Å². The summed E-state index contributed by atoms with van der Waals surface area (Å²) in [7, 11) is 1.96. The molecule has 0 bridgehead atoms. The van der Waals surface area contributed by atoms with E-state index in [1.54, 1.807) is 12.1 Å². The van der Waals surface area contributed by atoms with E-state index >= 15 is 0 Å². The Morgan fingerprint density at radius 2 is 1.54 bits per heavy atom. The highest BCUT2D eigenvalue weighted by molar-refractivity contribution is 5.68. The number of hydrogen-bond donors (Lipinski definition) is 2. The number of alkyl carbamates (subject to hydrolysis) is 1. The van der Waals surface area contributed by atoms with Crippen LogP contribution in [0.15, 0.2) is 48.5 Å². The van der Waals surface area contributed by atoms with Crippen molar-refractivity contribution in [2.24, 2.45) is 0 Å². The molecule has 1 amide bonds. The second kappa shape index (κ2) is 7.25. The molecule has 0 aliphatic carbocycles. The minimum Gasteiger partial charge on any atom is -0.508 e. The van der Waals surface area contributed by atoms with Gasteiger partial charge in [0.05, 0.1) is 0 Å². The number of carbonyl (C=O) groups is 1. The number of hydrogen-bond acceptors (Lipinski definition) is 4. The number of amides is 1. The van der Waals surface area contributed by atoms with Crippen LogP contribution in [0.1, 0.15) is 26.3 Å². The number of nitrogens with one attached hydrogen (secondary N) is 1. The molecule has 128 valence electrons. The van der Waals surface area contributed by atoms with Crippen molar-refractivity contribution in [2.45, 2.75) is 32.9 Å². The van der Waals surface area contributed by atoms with Gasteiger partial charge in [0.15, 0.2) is 0 Å². The van der Waals surface area contributed by atoms with Crippen LogP contribution in [-0.4, -0.2) is 23.8 Å². The van der Waals surface area contributed by atoms with Gasteiger partial charge in [-0.25, -0.2) is 4.79 Å². The van der Waals surface area contributed by atoms with Gasteiger partial charge in [-0.3, -0.25) is 0 Å². The van der Waals surface area contributed by atoms with E-state index < -0.39 is 11.7 Å². The van der Waals surface area contributed by atoms with Crippen molar-refractivity contribution in [2.75, 3.05) is 11.9 Å². The number of anilines is 2. The van der Waals surface area contributed by atoms with E-state index in [0.717, 1.165) is 16.9 Å². The Balaban J connectivity index is 1.95. The number of nitrogens with zero attached hydrogens (tertiary/aromatic N) is 1. The van der Waals surface area contributed by atoms with Gasteiger partial charge < -0.3 is 20.1 Å². The normalized spacial score (nSPS) is 11.0. The predicted molar refractivity (Wildman–Crippen MR) is 95.7 cm³/mol. The molecule has 0 spiro atoms. The maximum Gasteiger partial charge on any atom is 0.407 e. The summed E-state index contributed by atoms with van der Waals surface area (Å²) in [6.45, 7) is 5.92.